The smallest absolute Gasteiger partial charge is 0.127 e. The Labute approximate surface area is 683 Å². The van der Waals surface area contributed by atoms with Crippen LogP contribution in [0.2, 0.25) is 0 Å². The molecule has 4 aliphatic rings. The van der Waals surface area contributed by atoms with E-state index in [1.165, 1.54) is 33.4 Å². The second-order valence-corrected chi connectivity index (χ2v) is 33.4. The Morgan fingerprint density at radius 2 is 0.479 bits per heavy atom. The molecule has 0 fully saturated rings. The summed E-state index contributed by atoms with van der Waals surface area (Å²) >= 11 is 0. The van der Waals surface area contributed by atoms with Crippen molar-refractivity contribution in [1.82, 2.24) is 0 Å². The Bertz CT molecular complexity index is 6210. The van der Waals surface area contributed by atoms with E-state index in [2.05, 4.69) is 331 Å². The number of halogens is 2. The molecule has 16 aromatic carbocycles. The highest BCUT2D eigenvalue weighted by Crippen LogP contribution is 2.66. The molecule has 4 aliphatic carbocycles. The number of benzene rings is 16. The molecule has 0 radical (unpaired) electrons. The quantitative estimate of drug-likeness (QED) is 0.0963. The first-order valence-corrected chi connectivity index (χ1v) is 40.3. The van der Waals surface area contributed by atoms with Crippen LogP contribution in [0.5, 0.6) is 23.0 Å². The van der Waals surface area contributed by atoms with Crippen molar-refractivity contribution in [3.63, 3.8) is 0 Å². The first kappa shape index (κ1) is 72.1. The molecule has 0 N–H and O–H groups in total. The van der Waals surface area contributed by atoms with Gasteiger partial charge in [0, 0.05) is 34.1 Å². The molecule has 2 unspecified atom stereocenters. The maximum atomic E-state index is 15.7. The van der Waals surface area contributed by atoms with Crippen LogP contribution in [0.15, 0.2) is 377 Å². The van der Waals surface area contributed by atoms with E-state index in [4.69, 9.17) is 9.47 Å². The molecule has 4 nitrogen and oxygen atoms in total. The third-order valence-corrected chi connectivity index (χ3v) is 25.0. The van der Waals surface area contributed by atoms with Crippen LogP contribution in [0.4, 0.5) is 42.9 Å². The lowest BCUT2D eigenvalue weighted by Gasteiger charge is -2.36. The second kappa shape index (κ2) is 27.7. The second-order valence-electron chi connectivity index (χ2n) is 33.4. The molecular formula is C111H84F2N2O2. The predicted molar refractivity (Wildman–Crippen MR) is 477 cm³/mol. The lowest BCUT2D eigenvalue weighted by Crippen LogP contribution is -2.29. The Kier molecular flexibility index (Phi) is 17.0. The highest BCUT2D eigenvalue weighted by atomic mass is 19.1. The number of nitrogens with zero attached hydrogens (tertiary/aromatic N) is 2. The van der Waals surface area contributed by atoms with Gasteiger partial charge in [-0.25, -0.2) is 8.78 Å². The molecule has 564 valence electrons. The first-order valence-electron chi connectivity index (χ1n) is 40.3. The van der Waals surface area contributed by atoms with Gasteiger partial charge in [0.15, 0.2) is 0 Å². The van der Waals surface area contributed by atoms with Gasteiger partial charge < -0.3 is 19.3 Å². The van der Waals surface area contributed by atoms with Gasteiger partial charge >= 0.3 is 0 Å². The Morgan fingerprint density at radius 3 is 0.752 bits per heavy atom. The zero-order chi connectivity index (χ0) is 79.7. The molecule has 0 saturated carbocycles. The van der Waals surface area contributed by atoms with Gasteiger partial charge in [-0.3, -0.25) is 0 Å². The molecule has 0 bridgehead atoms. The number of rotatable bonds is 16. The summed E-state index contributed by atoms with van der Waals surface area (Å²) in [7, 11) is 0. The molecule has 16 aromatic rings. The van der Waals surface area contributed by atoms with Gasteiger partial charge in [-0.15, -0.1) is 0 Å². The van der Waals surface area contributed by atoms with Gasteiger partial charge in [0.2, 0.25) is 0 Å². The molecule has 0 amide bonds. The van der Waals surface area contributed by atoms with Gasteiger partial charge in [0.1, 0.15) is 34.6 Å². The van der Waals surface area contributed by atoms with Crippen LogP contribution in [0, 0.1) is 11.6 Å². The number of anilines is 6. The van der Waals surface area contributed by atoms with E-state index in [0.717, 1.165) is 157 Å². The minimum absolute atomic E-state index is 0.0901. The van der Waals surface area contributed by atoms with Crippen LogP contribution >= 0.6 is 0 Å². The van der Waals surface area contributed by atoms with E-state index in [1.807, 2.05) is 84.9 Å². The van der Waals surface area contributed by atoms with Crippen molar-refractivity contribution in [2.24, 2.45) is 0 Å². The van der Waals surface area contributed by atoms with Crippen LogP contribution < -0.4 is 19.3 Å². The summed E-state index contributed by atoms with van der Waals surface area (Å²) in [5, 5.41) is 0. The predicted octanol–water partition coefficient (Wildman–Crippen LogP) is 29.4. The van der Waals surface area contributed by atoms with Gasteiger partial charge in [0.05, 0.1) is 16.2 Å². The fraction of sp³-hybridized carbons (Fsp3) is 0.0991. The van der Waals surface area contributed by atoms with Crippen LogP contribution in [0.1, 0.15) is 131 Å². The van der Waals surface area contributed by atoms with Crippen molar-refractivity contribution in [2.75, 3.05) is 9.80 Å². The molecule has 0 saturated heterocycles. The molecule has 1 spiro atoms. The van der Waals surface area contributed by atoms with E-state index in [9.17, 15) is 0 Å². The zero-order valence-electron chi connectivity index (χ0n) is 66.2. The van der Waals surface area contributed by atoms with Gasteiger partial charge in [-0.05, 0) is 290 Å². The summed E-state index contributed by atoms with van der Waals surface area (Å²) in [5.41, 5.74) is 29.7. The van der Waals surface area contributed by atoms with Crippen LogP contribution in [0.3, 0.4) is 0 Å². The summed E-state index contributed by atoms with van der Waals surface area (Å²) in [4.78, 5) is 4.63. The minimum Gasteiger partial charge on any atom is -0.457 e. The maximum absolute atomic E-state index is 15.7. The molecule has 0 aromatic heterocycles. The zero-order valence-corrected chi connectivity index (χ0v) is 66.2. The maximum Gasteiger partial charge on any atom is 0.127 e. The molecular weight excluding hydrogens is 1430 g/mol. The van der Waals surface area contributed by atoms with Crippen molar-refractivity contribution >= 4 is 46.3 Å². The van der Waals surface area contributed by atoms with Crippen molar-refractivity contribution in [1.29, 1.82) is 0 Å². The van der Waals surface area contributed by atoms with Crippen LogP contribution in [-0.2, 0) is 27.1 Å². The molecule has 0 heterocycles. The fourth-order valence-corrected chi connectivity index (χ4v) is 19.5. The number of hydrogen-bond acceptors (Lipinski definition) is 4. The molecule has 117 heavy (non-hydrogen) atoms. The van der Waals surface area contributed by atoms with E-state index in [0.29, 0.717) is 0 Å². The van der Waals surface area contributed by atoms with E-state index < -0.39 is 16.2 Å². The minimum atomic E-state index is -0.870. The Balaban J connectivity index is 0.767. The Morgan fingerprint density at radius 1 is 0.248 bits per heavy atom. The molecule has 0 aliphatic heterocycles. The monoisotopic (exact) mass is 1510 g/mol. The van der Waals surface area contributed by atoms with Crippen LogP contribution in [0.25, 0.3) is 56.7 Å². The van der Waals surface area contributed by atoms with Gasteiger partial charge in [-0.1, -0.05) is 285 Å². The average Bonchev–Trinajstić information content (AvgIpc) is 1.51. The van der Waals surface area contributed by atoms with Crippen molar-refractivity contribution < 1.29 is 18.3 Å². The number of hydrogen-bond donors (Lipinski definition) is 0. The summed E-state index contributed by atoms with van der Waals surface area (Å²) in [5.74, 6) is 2.27. The van der Waals surface area contributed by atoms with Crippen LogP contribution in [-0.4, -0.2) is 0 Å². The summed E-state index contributed by atoms with van der Waals surface area (Å²) in [6, 6.07) is 129. The number of ether oxygens (including phenoxy) is 2. The lowest BCUT2D eigenvalue weighted by atomic mass is 9.67. The standard InChI is InChI=1S/C111H84F2N2O2/c1-9-71-27-55-87(56-28-71)116-89-59-39-77(40-60-89)109(75-35-31-73(32-36-75)107(3,4)5)99-23-15-11-19-91(99)95-63-51-83(67-103(95)109)114(81-47-43-79(112)44-48-81)85-53-65-97-93-21-13-17-25-101(93)111(105(97)69-85)102-26-18-14-22-94(102)98-66-54-86(70-106(98)111)115(82-49-45-80(113)46-50-82)84-52-64-96-92-20-12-16-24-100(92)110(104(96)68-84,76-37-33-74(34-38-76)108(6,7)8)78-41-61-90(62-42-78)117-88-57-29-72(10-2)30-58-88/h9-70H,1-2H2,3-8H3. The number of fused-ring (bicyclic) bond motifs is 16. The molecule has 6 heteroatoms. The highest BCUT2D eigenvalue weighted by Gasteiger charge is 2.54. The topological polar surface area (TPSA) is 24.9 Å². The van der Waals surface area contributed by atoms with Gasteiger partial charge in [-0.2, -0.15) is 0 Å². The van der Waals surface area contributed by atoms with E-state index in [1.54, 1.807) is 24.3 Å². The van der Waals surface area contributed by atoms with Gasteiger partial charge in [0.25, 0.3) is 0 Å². The van der Waals surface area contributed by atoms with E-state index >= 15 is 8.78 Å². The third-order valence-electron chi connectivity index (χ3n) is 25.0. The summed E-state index contributed by atoms with van der Waals surface area (Å²) < 4.78 is 44.6. The molecule has 2 atom stereocenters. The SMILES string of the molecule is C=Cc1ccc(Oc2ccc(C3(c4ccc(C(C)(C)C)cc4)c4ccccc4-c4ccc(N(c5ccc(F)cc5)c5ccc6c(c5)C5(c7ccccc7-6)c6ccccc6-c6ccc(N(c7ccc(F)cc7)c7ccc8c(c7)C(c7ccc(Oc9ccc(C=C)cc9)cc7)(c7ccc(C(C)(C)C)cc7)c7ccccc7-8)cc65)cc43)cc2)cc1. The fourth-order valence-electron chi connectivity index (χ4n) is 19.5. The normalized spacial score (nSPS) is 16.2. The van der Waals surface area contributed by atoms with E-state index in [-0.39, 0.29) is 22.5 Å². The van der Waals surface area contributed by atoms with Crippen molar-refractivity contribution in [3.05, 3.63) is 478 Å². The largest absolute Gasteiger partial charge is 0.457 e. The Hall–Kier alpha value is -13.9. The lowest BCUT2D eigenvalue weighted by molar-refractivity contribution is 0.482. The summed E-state index contributed by atoms with van der Waals surface area (Å²) in [6.45, 7) is 21.5. The first-order chi connectivity index (χ1) is 56.9. The molecule has 20 rings (SSSR count). The van der Waals surface area contributed by atoms with Crippen molar-refractivity contribution in [3.8, 4) is 67.5 Å². The van der Waals surface area contributed by atoms with Crippen molar-refractivity contribution in [2.45, 2.75) is 68.6 Å². The summed E-state index contributed by atoms with van der Waals surface area (Å²) in [6.07, 6.45) is 3.67. The average molecular weight is 1520 g/mol. The third kappa shape index (κ3) is 11.5. The highest BCUT2D eigenvalue weighted by molar-refractivity contribution is 5.99.